The lowest BCUT2D eigenvalue weighted by molar-refractivity contribution is -0.139. The number of ether oxygens (including phenoxy) is 1. The van der Waals surface area contributed by atoms with Gasteiger partial charge >= 0.3 is 5.97 Å². The average molecular weight is 420 g/mol. The molecule has 1 atom stereocenters. The van der Waals surface area contributed by atoms with Gasteiger partial charge in [-0.15, -0.1) is 0 Å². The lowest BCUT2D eigenvalue weighted by Crippen LogP contribution is -2.39. The van der Waals surface area contributed by atoms with Crippen molar-refractivity contribution in [2.45, 2.75) is 19.9 Å². The summed E-state index contributed by atoms with van der Waals surface area (Å²) in [6.07, 6.45) is 1.82. The van der Waals surface area contributed by atoms with Gasteiger partial charge in [0.15, 0.2) is 4.80 Å². The van der Waals surface area contributed by atoms with Gasteiger partial charge in [0.05, 0.1) is 28.5 Å². The highest BCUT2D eigenvalue weighted by Crippen LogP contribution is 2.31. The van der Waals surface area contributed by atoms with Crippen LogP contribution in [0.15, 0.2) is 75.7 Å². The average Bonchev–Trinajstić information content (AvgIpc) is 3.03. The summed E-state index contributed by atoms with van der Waals surface area (Å²) < 4.78 is 7.32. The van der Waals surface area contributed by atoms with E-state index < -0.39 is 12.0 Å². The van der Waals surface area contributed by atoms with Gasteiger partial charge in [-0.05, 0) is 43.2 Å². The number of phenols is 1. The van der Waals surface area contributed by atoms with E-state index in [0.29, 0.717) is 26.2 Å². The van der Waals surface area contributed by atoms with Crippen LogP contribution in [0.4, 0.5) is 0 Å². The maximum atomic E-state index is 13.4. The molecule has 6 nitrogen and oxygen atoms in total. The molecule has 1 aliphatic rings. The Morgan fingerprint density at radius 2 is 1.90 bits per heavy atom. The van der Waals surface area contributed by atoms with E-state index >= 15 is 0 Å². The number of carbonyl (C=O) groups is 1. The largest absolute Gasteiger partial charge is 0.508 e. The van der Waals surface area contributed by atoms with Gasteiger partial charge in [0, 0.05) is 0 Å². The summed E-state index contributed by atoms with van der Waals surface area (Å²) in [5, 5.41) is 9.69. The highest BCUT2D eigenvalue weighted by molar-refractivity contribution is 7.07. The molecular formula is C23H20N2O4S. The molecule has 0 saturated heterocycles. The molecule has 0 saturated carbocycles. The van der Waals surface area contributed by atoms with Gasteiger partial charge in [0.2, 0.25) is 0 Å². The van der Waals surface area contributed by atoms with Crippen molar-refractivity contribution in [1.29, 1.82) is 0 Å². The second-order valence-electron chi connectivity index (χ2n) is 6.80. The van der Waals surface area contributed by atoms with Crippen LogP contribution < -0.4 is 14.9 Å². The lowest BCUT2D eigenvalue weighted by atomic mass is 9.96. The smallest absolute Gasteiger partial charge is 0.338 e. The van der Waals surface area contributed by atoms with Crippen molar-refractivity contribution in [3.63, 3.8) is 0 Å². The van der Waals surface area contributed by atoms with Crippen molar-refractivity contribution >= 4 is 23.4 Å². The quantitative estimate of drug-likeness (QED) is 0.658. The lowest BCUT2D eigenvalue weighted by Gasteiger charge is -2.24. The summed E-state index contributed by atoms with van der Waals surface area (Å²) in [5.74, 6) is -0.400. The summed E-state index contributed by atoms with van der Waals surface area (Å²) in [5.41, 5.74) is 2.21. The first-order valence-electron chi connectivity index (χ1n) is 9.53. The van der Waals surface area contributed by atoms with Gasteiger partial charge in [0.25, 0.3) is 5.56 Å². The Morgan fingerprint density at radius 1 is 1.20 bits per heavy atom. The number of fused-ring (bicyclic) bond motifs is 1. The summed E-state index contributed by atoms with van der Waals surface area (Å²) in [6, 6.07) is 15.4. The Hall–Kier alpha value is -3.45. The third-order valence-electron chi connectivity index (χ3n) is 4.82. The third-order valence-corrected chi connectivity index (χ3v) is 5.81. The number of carbonyl (C=O) groups excluding carboxylic acids is 1. The van der Waals surface area contributed by atoms with Crippen molar-refractivity contribution in [3.05, 3.63) is 96.7 Å². The second-order valence-corrected chi connectivity index (χ2v) is 7.81. The summed E-state index contributed by atoms with van der Waals surface area (Å²) in [6.45, 7) is 3.70. The number of esters is 1. The molecule has 1 aliphatic heterocycles. The van der Waals surface area contributed by atoms with E-state index in [2.05, 4.69) is 4.99 Å². The molecule has 3 aromatic rings. The van der Waals surface area contributed by atoms with Crippen LogP contribution in [0.2, 0.25) is 0 Å². The van der Waals surface area contributed by atoms with Gasteiger partial charge in [0.1, 0.15) is 5.75 Å². The molecule has 2 heterocycles. The number of benzene rings is 2. The van der Waals surface area contributed by atoms with E-state index in [1.165, 1.54) is 28.0 Å². The Balaban J connectivity index is 1.96. The predicted octanol–water partition coefficient (Wildman–Crippen LogP) is 2.50. The summed E-state index contributed by atoms with van der Waals surface area (Å²) >= 11 is 1.28. The van der Waals surface area contributed by atoms with Crippen molar-refractivity contribution in [2.24, 2.45) is 4.99 Å². The molecule has 7 heteroatoms. The standard InChI is InChI=1S/C23H20N2O4S/c1-3-29-22(28)19-14(2)24-23-25(20(19)16-9-11-17(26)12-10-16)21(27)18(30-23)13-15-7-5-4-6-8-15/h4-13,20,26H,3H2,1-2H3/b18-13+. The second kappa shape index (κ2) is 8.12. The monoisotopic (exact) mass is 420 g/mol. The number of nitrogens with zero attached hydrogens (tertiary/aromatic N) is 2. The van der Waals surface area contributed by atoms with Crippen LogP contribution in [0.3, 0.4) is 0 Å². The minimum Gasteiger partial charge on any atom is -0.508 e. The fourth-order valence-electron chi connectivity index (χ4n) is 3.46. The highest BCUT2D eigenvalue weighted by atomic mass is 32.1. The third kappa shape index (κ3) is 3.59. The first-order valence-corrected chi connectivity index (χ1v) is 10.3. The van der Waals surface area contributed by atoms with Crippen molar-refractivity contribution in [2.75, 3.05) is 6.61 Å². The summed E-state index contributed by atoms with van der Waals surface area (Å²) in [7, 11) is 0. The SMILES string of the molecule is CCOC(=O)C1=C(C)N=c2s/c(=C/c3ccccc3)c(=O)n2C1c1ccc(O)cc1. The van der Waals surface area contributed by atoms with Crippen LogP contribution in [0.25, 0.3) is 6.08 Å². The highest BCUT2D eigenvalue weighted by Gasteiger charge is 2.33. The maximum absolute atomic E-state index is 13.4. The van der Waals surface area contributed by atoms with Crippen molar-refractivity contribution in [3.8, 4) is 5.75 Å². The van der Waals surface area contributed by atoms with Gasteiger partial charge < -0.3 is 9.84 Å². The normalized spacial score (nSPS) is 16.2. The number of hydrogen-bond donors (Lipinski definition) is 1. The van der Waals surface area contributed by atoms with Gasteiger partial charge in [-0.3, -0.25) is 9.36 Å². The molecule has 1 N–H and O–H groups in total. The number of aromatic nitrogens is 1. The first kappa shape index (κ1) is 19.8. The number of hydrogen-bond acceptors (Lipinski definition) is 6. The van der Waals surface area contributed by atoms with E-state index in [0.717, 1.165) is 5.56 Å². The van der Waals surface area contributed by atoms with Crippen LogP contribution >= 0.6 is 11.3 Å². The Morgan fingerprint density at radius 3 is 2.57 bits per heavy atom. The fourth-order valence-corrected chi connectivity index (χ4v) is 4.51. The maximum Gasteiger partial charge on any atom is 0.338 e. The fraction of sp³-hybridized carbons (Fsp3) is 0.174. The van der Waals surface area contributed by atoms with E-state index in [1.807, 2.05) is 36.4 Å². The Bertz CT molecular complexity index is 1300. The van der Waals surface area contributed by atoms with Crippen molar-refractivity contribution in [1.82, 2.24) is 4.57 Å². The topological polar surface area (TPSA) is 80.9 Å². The van der Waals surface area contributed by atoms with Crippen LogP contribution in [0.1, 0.15) is 31.0 Å². The van der Waals surface area contributed by atoms with Crippen molar-refractivity contribution < 1.29 is 14.6 Å². The molecule has 0 fully saturated rings. The van der Waals surface area contributed by atoms with Crippen LogP contribution in [-0.4, -0.2) is 22.2 Å². The minimum absolute atomic E-state index is 0.105. The van der Waals surface area contributed by atoms with E-state index in [1.54, 1.807) is 26.0 Å². The Kier molecular flexibility index (Phi) is 5.37. The molecule has 0 aliphatic carbocycles. The van der Waals surface area contributed by atoms with Gasteiger partial charge in [-0.1, -0.05) is 53.8 Å². The zero-order chi connectivity index (χ0) is 21.3. The molecule has 0 spiro atoms. The molecule has 1 unspecified atom stereocenters. The zero-order valence-corrected chi connectivity index (χ0v) is 17.3. The number of phenolic OH excluding ortho intramolecular Hbond substituents is 1. The number of allylic oxidation sites excluding steroid dienone is 1. The zero-order valence-electron chi connectivity index (χ0n) is 16.5. The predicted molar refractivity (Wildman–Crippen MR) is 115 cm³/mol. The van der Waals surface area contributed by atoms with E-state index in [9.17, 15) is 14.7 Å². The molecule has 1 aromatic heterocycles. The molecule has 152 valence electrons. The number of rotatable bonds is 4. The first-order chi connectivity index (χ1) is 14.5. The van der Waals surface area contributed by atoms with Gasteiger partial charge in [-0.25, -0.2) is 9.79 Å². The van der Waals surface area contributed by atoms with E-state index in [4.69, 9.17) is 4.74 Å². The van der Waals surface area contributed by atoms with Crippen LogP contribution in [-0.2, 0) is 9.53 Å². The molecule has 30 heavy (non-hydrogen) atoms. The molecule has 4 rings (SSSR count). The number of thiazole rings is 1. The molecule has 0 radical (unpaired) electrons. The minimum atomic E-state index is -0.682. The van der Waals surface area contributed by atoms with E-state index in [-0.39, 0.29) is 17.9 Å². The Labute approximate surface area is 176 Å². The van der Waals surface area contributed by atoms with Gasteiger partial charge in [-0.2, -0.15) is 0 Å². The van der Waals surface area contributed by atoms with Crippen LogP contribution in [0, 0.1) is 0 Å². The molecular weight excluding hydrogens is 400 g/mol. The molecule has 0 bridgehead atoms. The molecule has 2 aromatic carbocycles. The summed E-state index contributed by atoms with van der Waals surface area (Å²) in [4.78, 5) is 31.2. The number of aromatic hydroxyl groups is 1. The molecule has 0 amide bonds. The van der Waals surface area contributed by atoms with Crippen LogP contribution in [0.5, 0.6) is 5.75 Å².